The first-order valence-corrected chi connectivity index (χ1v) is 8.89. The van der Waals surface area contributed by atoms with Crippen molar-refractivity contribution >= 4 is 41.2 Å². The number of hydrogen-bond donors (Lipinski definition) is 2. The molecule has 0 saturated heterocycles. The molecular formula is C19H21N5O6. The third-order valence-electron chi connectivity index (χ3n) is 3.49. The fourth-order valence-electron chi connectivity index (χ4n) is 2.10. The van der Waals surface area contributed by atoms with Crippen molar-refractivity contribution in [1.82, 2.24) is 4.98 Å². The van der Waals surface area contributed by atoms with E-state index in [0.29, 0.717) is 12.1 Å². The molecule has 0 fully saturated rings. The maximum Gasteiger partial charge on any atom is 0.412 e. The largest absolute Gasteiger partial charge is 0.453 e. The van der Waals surface area contributed by atoms with Gasteiger partial charge in [-0.1, -0.05) is 25.1 Å². The highest BCUT2D eigenvalue weighted by molar-refractivity contribution is 5.91. The van der Waals surface area contributed by atoms with Crippen molar-refractivity contribution in [3.8, 4) is 5.75 Å². The van der Waals surface area contributed by atoms with Crippen LogP contribution in [0, 0.1) is 0 Å². The third kappa shape index (κ3) is 6.55. The van der Waals surface area contributed by atoms with E-state index < -0.39 is 18.2 Å². The predicted molar refractivity (Wildman–Crippen MR) is 107 cm³/mol. The summed E-state index contributed by atoms with van der Waals surface area (Å²) in [4.78, 5) is 39.5. The molecule has 1 aromatic carbocycles. The van der Waals surface area contributed by atoms with Gasteiger partial charge >= 0.3 is 18.2 Å². The smallest absolute Gasteiger partial charge is 0.412 e. The second-order valence-electron chi connectivity index (χ2n) is 5.70. The number of carbonyl (C=O) groups is 3. The molecule has 2 aromatic rings. The standard InChI is InChI=1S/C19H21N5O6/c1-4-8-15(25)30-14-11-13(24-23-12-9-6-5-7-10-12)16(21-18(26)28-2)20-17(14)22-19(27)29-3/h5-7,9-11H,4,8H2,1-3H3,(H2,20,21,22,26,27). The third-order valence-corrected chi connectivity index (χ3v) is 3.49. The lowest BCUT2D eigenvalue weighted by Gasteiger charge is -2.13. The van der Waals surface area contributed by atoms with Crippen molar-refractivity contribution in [2.45, 2.75) is 19.8 Å². The van der Waals surface area contributed by atoms with Crippen molar-refractivity contribution in [3.05, 3.63) is 36.4 Å². The summed E-state index contributed by atoms with van der Waals surface area (Å²) in [7, 11) is 2.34. The van der Waals surface area contributed by atoms with E-state index in [0.717, 1.165) is 7.11 Å². The minimum atomic E-state index is -0.849. The summed E-state index contributed by atoms with van der Waals surface area (Å²) >= 11 is 0. The van der Waals surface area contributed by atoms with Gasteiger partial charge in [-0.2, -0.15) is 5.11 Å². The fourth-order valence-corrected chi connectivity index (χ4v) is 2.10. The lowest BCUT2D eigenvalue weighted by Crippen LogP contribution is -2.17. The summed E-state index contributed by atoms with van der Waals surface area (Å²) < 4.78 is 14.4. The number of esters is 1. The van der Waals surface area contributed by atoms with Gasteiger partial charge in [0.1, 0.15) is 5.69 Å². The Morgan fingerprint density at radius 3 is 2.20 bits per heavy atom. The molecule has 158 valence electrons. The van der Waals surface area contributed by atoms with Gasteiger partial charge in [0.25, 0.3) is 0 Å². The molecule has 1 aromatic heterocycles. The van der Waals surface area contributed by atoms with Gasteiger partial charge in [-0.3, -0.25) is 15.4 Å². The number of benzene rings is 1. The number of amides is 2. The highest BCUT2D eigenvalue weighted by Crippen LogP contribution is 2.35. The molecular weight excluding hydrogens is 394 g/mol. The van der Waals surface area contributed by atoms with Crippen LogP contribution >= 0.6 is 0 Å². The van der Waals surface area contributed by atoms with Gasteiger partial charge in [-0.25, -0.2) is 14.6 Å². The average Bonchev–Trinajstić information content (AvgIpc) is 2.75. The number of ether oxygens (including phenoxy) is 3. The Labute approximate surface area is 172 Å². The van der Waals surface area contributed by atoms with Crippen molar-refractivity contribution in [1.29, 1.82) is 0 Å². The number of azo groups is 1. The number of hydrogen-bond acceptors (Lipinski definition) is 9. The normalized spacial score (nSPS) is 10.4. The minimum absolute atomic E-state index is 0.0685. The zero-order chi connectivity index (χ0) is 21.9. The first kappa shape index (κ1) is 22.3. The van der Waals surface area contributed by atoms with E-state index in [-0.39, 0.29) is 29.5 Å². The van der Waals surface area contributed by atoms with E-state index >= 15 is 0 Å². The Bertz CT molecular complexity index is 933. The van der Waals surface area contributed by atoms with Gasteiger partial charge in [0, 0.05) is 12.5 Å². The first-order valence-electron chi connectivity index (χ1n) is 8.89. The van der Waals surface area contributed by atoms with Crippen LogP contribution in [0.5, 0.6) is 5.75 Å². The molecule has 0 aliphatic heterocycles. The summed E-state index contributed by atoms with van der Waals surface area (Å²) in [6, 6.07) is 10.1. The number of aromatic nitrogens is 1. The summed E-state index contributed by atoms with van der Waals surface area (Å²) in [6.45, 7) is 1.82. The fraction of sp³-hybridized carbons (Fsp3) is 0.263. The number of nitrogens with one attached hydrogen (secondary N) is 2. The Hall–Kier alpha value is -4.02. The summed E-state index contributed by atoms with van der Waals surface area (Å²) in [5.41, 5.74) is 0.613. The number of rotatable bonds is 7. The Balaban J connectivity index is 2.51. The molecule has 1 heterocycles. The number of nitrogens with zero attached hydrogens (tertiary/aromatic N) is 3. The minimum Gasteiger partial charge on any atom is -0.453 e. The van der Waals surface area contributed by atoms with Crippen LogP contribution in [-0.2, 0) is 14.3 Å². The lowest BCUT2D eigenvalue weighted by atomic mass is 10.3. The quantitative estimate of drug-likeness (QED) is 0.499. The zero-order valence-corrected chi connectivity index (χ0v) is 16.7. The van der Waals surface area contributed by atoms with Crippen LogP contribution in [0.25, 0.3) is 0 Å². The first-order chi connectivity index (χ1) is 14.5. The maximum absolute atomic E-state index is 12.0. The molecule has 11 heteroatoms. The van der Waals surface area contributed by atoms with Crippen molar-refractivity contribution in [3.63, 3.8) is 0 Å². The van der Waals surface area contributed by atoms with E-state index in [4.69, 9.17) is 4.74 Å². The Morgan fingerprint density at radius 2 is 1.60 bits per heavy atom. The molecule has 0 saturated carbocycles. The van der Waals surface area contributed by atoms with Crippen LogP contribution < -0.4 is 15.4 Å². The molecule has 0 atom stereocenters. The summed E-state index contributed by atoms with van der Waals surface area (Å²) in [5, 5.41) is 12.9. The molecule has 2 N–H and O–H groups in total. The number of carbonyl (C=O) groups excluding carboxylic acids is 3. The molecule has 0 bridgehead atoms. The molecule has 0 aliphatic carbocycles. The molecule has 30 heavy (non-hydrogen) atoms. The van der Waals surface area contributed by atoms with Gasteiger partial charge in [0.05, 0.1) is 19.9 Å². The topological polar surface area (TPSA) is 141 Å². The molecule has 0 spiro atoms. The van der Waals surface area contributed by atoms with Gasteiger partial charge in [-0.05, 0) is 18.6 Å². The Morgan fingerprint density at radius 1 is 0.967 bits per heavy atom. The maximum atomic E-state index is 12.0. The SMILES string of the molecule is CCCC(=O)Oc1cc(N=Nc2ccccc2)c(NC(=O)OC)nc1NC(=O)OC. The van der Waals surface area contributed by atoms with Gasteiger partial charge in [-0.15, -0.1) is 5.11 Å². The van der Waals surface area contributed by atoms with E-state index in [9.17, 15) is 14.4 Å². The number of pyridine rings is 1. The second-order valence-corrected chi connectivity index (χ2v) is 5.70. The highest BCUT2D eigenvalue weighted by Gasteiger charge is 2.19. The van der Waals surface area contributed by atoms with Crippen molar-refractivity contribution in [2.75, 3.05) is 24.9 Å². The predicted octanol–water partition coefficient (Wildman–Crippen LogP) is 4.56. The lowest BCUT2D eigenvalue weighted by molar-refractivity contribution is -0.134. The molecule has 0 aliphatic rings. The summed E-state index contributed by atoms with van der Waals surface area (Å²) in [6.07, 6.45) is -0.952. The van der Waals surface area contributed by atoms with Crippen LogP contribution in [0.4, 0.5) is 32.6 Å². The van der Waals surface area contributed by atoms with E-state index in [1.807, 2.05) is 13.0 Å². The van der Waals surface area contributed by atoms with E-state index in [1.165, 1.54) is 13.2 Å². The molecule has 0 radical (unpaired) electrons. The average molecular weight is 415 g/mol. The van der Waals surface area contributed by atoms with E-state index in [2.05, 4.69) is 35.3 Å². The van der Waals surface area contributed by atoms with Crippen LogP contribution in [0.1, 0.15) is 19.8 Å². The van der Waals surface area contributed by atoms with Crippen LogP contribution in [-0.4, -0.2) is 37.4 Å². The monoisotopic (exact) mass is 415 g/mol. The molecule has 2 rings (SSSR count). The zero-order valence-electron chi connectivity index (χ0n) is 16.7. The number of methoxy groups -OCH3 is 2. The summed E-state index contributed by atoms with van der Waals surface area (Å²) in [5.74, 6) is -0.859. The van der Waals surface area contributed by atoms with Gasteiger partial charge in [0.2, 0.25) is 0 Å². The molecule has 11 nitrogen and oxygen atoms in total. The van der Waals surface area contributed by atoms with Crippen LogP contribution in [0.15, 0.2) is 46.6 Å². The van der Waals surface area contributed by atoms with Crippen molar-refractivity contribution < 1.29 is 28.6 Å². The van der Waals surface area contributed by atoms with Gasteiger partial charge < -0.3 is 14.2 Å². The number of anilines is 2. The Kier molecular flexibility index (Phi) is 8.24. The molecule has 2 amide bonds. The second kappa shape index (κ2) is 11.1. The van der Waals surface area contributed by atoms with Crippen molar-refractivity contribution in [2.24, 2.45) is 10.2 Å². The van der Waals surface area contributed by atoms with E-state index in [1.54, 1.807) is 24.3 Å². The van der Waals surface area contributed by atoms with Gasteiger partial charge in [0.15, 0.2) is 17.4 Å². The van der Waals surface area contributed by atoms with Crippen LogP contribution in [0.3, 0.4) is 0 Å². The van der Waals surface area contributed by atoms with Crippen LogP contribution in [0.2, 0.25) is 0 Å². The highest BCUT2D eigenvalue weighted by atomic mass is 16.5. The molecule has 0 unspecified atom stereocenters.